The lowest BCUT2D eigenvalue weighted by atomic mass is 10.2. The van der Waals surface area contributed by atoms with E-state index < -0.39 is 0 Å². The molecule has 0 saturated heterocycles. The van der Waals surface area contributed by atoms with E-state index in [1.165, 1.54) is 0 Å². The van der Waals surface area contributed by atoms with Gasteiger partial charge < -0.3 is 9.42 Å². The highest BCUT2D eigenvalue weighted by molar-refractivity contribution is 5.95. The number of nitrogens with one attached hydrogen (secondary N) is 2. The van der Waals surface area contributed by atoms with Gasteiger partial charge in [0.05, 0.1) is 0 Å². The number of aromatic nitrogens is 3. The highest BCUT2D eigenvalue weighted by Gasteiger charge is 2.10. The second-order valence-electron chi connectivity index (χ2n) is 6.06. The number of hydrogen-bond acceptors (Lipinski definition) is 7. The van der Waals surface area contributed by atoms with Gasteiger partial charge in [-0.1, -0.05) is 18.5 Å². The number of anilines is 2. The van der Waals surface area contributed by atoms with Gasteiger partial charge in [-0.2, -0.15) is 4.98 Å². The lowest BCUT2D eigenvalue weighted by Crippen LogP contribution is -2.29. The summed E-state index contributed by atoms with van der Waals surface area (Å²) in [6.45, 7) is 3.15. The SMILES string of the molecule is CCCCN(C)c1ccc(C(=O)NNc2nc(-c3ccncc3)no2)cc1. The van der Waals surface area contributed by atoms with E-state index in [1.54, 1.807) is 36.7 Å². The molecule has 0 fully saturated rings. The van der Waals surface area contributed by atoms with E-state index in [4.69, 9.17) is 4.52 Å². The van der Waals surface area contributed by atoms with Crippen LogP contribution in [0.2, 0.25) is 0 Å². The summed E-state index contributed by atoms with van der Waals surface area (Å²) in [7, 11) is 2.04. The summed E-state index contributed by atoms with van der Waals surface area (Å²) in [6, 6.07) is 11.1. The topological polar surface area (TPSA) is 96.2 Å². The van der Waals surface area contributed by atoms with Crippen molar-refractivity contribution in [2.75, 3.05) is 23.9 Å². The van der Waals surface area contributed by atoms with Gasteiger partial charge in [-0.15, -0.1) is 0 Å². The van der Waals surface area contributed by atoms with Crippen LogP contribution in [0.15, 0.2) is 53.3 Å². The number of pyridine rings is 1. The highest BCUT2D eigenvalue weighted by atomic mass is 16.5. The number of benzene rings is 1. The smallest absolute Gasteiger partial charge is 0.340 e. The minimum Gasteiger partial charge on any atom is -0.375 e. The molecule has 2 aromatic heterocycles. The van der Waals surface area contributed by atoms with Crippen molar-refractivity contribution in [3.8, 4) is 11.4 Å². The van der Waals surface area contributed by atoms with Crippen molar-refractivity contribution in [2.45, 2.75) is 19.8 Å². The van der Waals surface area contributed by atoms with Gasteiger partial charge >= 0.3 is 6.01 Å². The summed E-state index contributed by atoms with van der Waals surface area (Å²) in [5.41, 5.74) is 7.57. The van der Waals surface area contributed by atoms with Crippen molar-refractivity contribution >= 4 is 17.6 Å². The maximum absolute atomic E-state index is 12.3. The number of hydrogen-bond donors (Lipinski definition) is 2. The molecular weight excluding hydrogens is 344 g/mol. The fraction of sp³-hybridized carbons (Fsp3) is 0.263. The Morgan fingerprint density at radius 2 is 1.89 bits per heavy atom. The Balaban J connectivity index is 1.56. The molecule has 8 heteroatoms. The minimum atomic E-state index is -0.290. The summed E-state index contributed by atoms with van der Waals surface area (Å²) in [4.78, 5) is 22.5. The average molecular weight is 366 g/mol. The molecule has 0 atom stereocenters. The average Bonchev–Trinajstić information content (AvgIpc) is 3.20. The molecule has 8 nitrogen and oxygen atoms in total. The van der Waals surface area contributed by atoms with Gasteiger partial charge in [0, 0.05) is 42.8 Å². The fourth-order valence-electron chi connectivity index (χ4n) is 2.47. The number of hydrazine groups is 1. The van der Waals surface area contributed by atoms with Crippen LogP contribution < -0.4 is 15.8 Å². The number of amides is 1. The van der Waals surface area contributed by atoms with Gasteiger partial charge in [0.2, 0.25) is 5.82 Å². The molecule has 2 N–H and O–H groups in total. The summed E-state index contributed by atoms with van der Waals surface area (Å²) < 4.78 is 5.08. The van der Waals surface area contributed by atoms with Gasteiger partial charge in [0.1, 0.15) is 0 Å². The molecular formula is C19H22N6O2. The van der Waals surface area contributed by atoms with E-state index in [0.29, 0.717) is 11.4 Å². The van der Waals surface area contributed by atoms with E-state index in [-0.39, 0.29) is 11.9 Å². The number of unbranched alkanes of at least 4 members (excludes halogenated alkanes) is 1. The maximum atomic E-state index is 12.3. The molecule has 0 radical (unpaired) electrons. The first-order valence-corrected chi connectivity index (χ1v) is 8.79. The Kier molecular flexibility index (Phi) is 5.98. The van der Waals surface area contributed by atoms with Gasteiger partial charge in [-0.3, -0.25) is 15.2 Å². The quantitative estimate of drug-likeness (QED) is 0.591. The maximum Gasteiger partial charge on any atom is 0.340 e. The third-order valence-electron chi connectivity index (χ3n) is 4.06. The van der Waals surface area contributed by atoms with Crippen LogP contribution in [0.25, 0.3) is 11.4 Å². The Labute approximate surface area is 157 Å². The molecule has 0 saturated carbocycles. The van der Waals surface area contributed by atoms with E-state index in [1.807, 2.05) is 19.2 Å². The van der Waals surface area contributed by atoms with Crippen LogP contribution in [-0.4, -0.2) is 34.6 Å². The number of rotatable bonds is 8. The summed E-state index contributed by atoms with van der Waals surface area (Å²) in [5.74, 6) is 0.120. The molecule has 0 aliphatic rings. The summed E-state index contributed by atoms with van der Waals surface area (Å²) in [5, 5.41) is 3.86. The van der Waals surface area contributed by atoms with Gasteiger partial charge in [-0.05, 0) is 42.8 Å². The zero-order valence-corrected chi connectivity index (χ0v) is 15.3. The van der Waals surface area contributed by atoms with E-state index in [9.17, 15) is 4.79 Å². The van der Waals surface area contributed by atoms with Gasteiger partial charge in [-0.25, -0.2) is 5.43 Å². The third-order valence-corrected chi connectivity index (χ3v) is 4.06. The number of carbonyl (C=O) groups excluding carboxylic acids is 1. The first kappa shape index (κ1) is 18.4. The molecule has 1 amide bonds. The van der Waals surface area contributed by atoms with Crippen LogP contribution in [0.1, 0.15) is 30.1 Å². The fourth-order valence-corrected chi connectivity index (χ4v) is 2.47. The first-order chi connectivity index (χ1) is 13.2. The van der Waals surface area contributed by atoms with Crippen LogP contribution in [0.3, 0.4) is 0 Å². The van der Waals surface area contributed by atoms with E-state index in [0.717, 1.165) is 30.6 Å². The first-order valence-electron chi connectivity index (χ1n) is 8.79. The molecule has 140 valence electrons. The van der Waals surface area contributed by atoms with E-state index >= 15 is 0 Å². The van der Waals surface area contributed by atoms with Crippen LogP contribution in [0.5, 0.6) is 0 Å². The standard InChI is InChI=1S/C19H22N6O2/c1-3-4-13-25(2)16-7-5-15(6-8-16)18(26)22-23-19-21-17(24-27-19)14-9-11-20-12-10-14/h5-12H,3-4,13H2,1-2H3,(H,22,26)(H,21,23,24). The van der Waals surface area contributed by atoms with Crippen molar-refractivity contribution in [1.29, 1.82) is 0 Å². The Hall–Kier alpha value is -3.42. The van der Waals surface area contributed by atoms with Gasteiger partial charge in [0.25, 0.3) is 5.91 Å². The molecule has 27 heavy (non-hydrogen) atoms. The zero-order chi connectivity index (χ0) is 19.1. The monoisotopic (exact) mass is 366 g/mol. The normalized spacial score (nSPS) is 10.4. The molecule has 0 aliphatic heterocycles. The molecule has 0 spiro atoms. The predicted molar refractivity (Wildman–Crippen MR) is 103 cm³/mol. The Morgan fingerprint density at radius 3 is 2.59 bits per heavy atom. The van der Waals surface area contributed by atoms with Crippen molar-refractivity contribution in [1.82, 2.24) is 20.6 Å². The summed E-state index contributed by atoms with van der Waals surface area (Å²) in [6.07, 6.45) is 5.57. The zero-order valence-electron chi connectivity index (χ0n) is 15.3. The van der Waals surface area contributed by atoms with Crippen molar-refractivity contribution in [3.63, 3.8) is 0 Å². The predicted octanol–water partition coefficient (Wildman–Crippen LogP) is 3.12. The van der Waals surface area contributed by atoms with Gasteiger partial charge in [0.15, 0.2) is 0 Å². The minimum absolute atomic E-state index is 0.103. The van der Waals surface area contributed by atoms with Crippen molar-refractivity contribution in [3.05, 3.63) is 54.4 Å². The van der Waals surface area contributed by atoms with Crippen LogP contribution in [0.4, 0.5) is 11.7 Å². The third kappa shape index (κ3) is 4.81. The van der Waals surface area contributed by atoms with Crippen LogP contribution in [0, 0.1) is 0 Å². The molecule has 1 aromatic carbocycles. The Morgan fingerprint density at radius 1 is 1.15 bits per heavy atom. The van der Waals surface area contributed by atoms with E-state index in [2.05, 4.69) is 37.8 Å². The van der Waals surface area contributed by atoms with Crippen LogP contribution >= 0.6 is 0 Å². The molecule has 0 aliphatic carbocycles. The molecule has 2 heterocycles. The lowest BCUT2D eigenvalue weighted by molar-refractivity contribution is 0.0961. The lowest BCUT2D eigenvalue weighted by Gasteiger charge is -2.19. The molecule has 3 aromatic rings. The molecule has 0 unspecified atom stereocenters. The summed E-state index contributed by atoms with van der Waals surface area (Å²) >= 11 is 0. The number of carbonyl (C=O) groups is 1. The Bertz CT molecular complexity index is 863. The molecule has 3 rings (SSSR count). The van der Waals surface area contributed by atoms with Crippen molar-refractivity contribution < 1.29 is 9.32 Å². The van der Waals surface area contributed by atoms with Crippen LogP contribution in [-0.2, 0) is 0 Å². The largest absolute Gasteiger partial charge is 0.375 e. The molecule has 0 bridgehead atoms. The second-order valence-corrected chi connectivity index (χ2v) is 6.06. The number of nitrogens with zero attached hydrogens (tertiary/aromatic N) is 4. The highest BCUT2D eigenvalue weighted by Crippen LogP contribution is 2.16. The second kappa shape index (κ2) is 8.79. The van der Waals surface area contributed by atoms with Crippen molar-refractivity contribution in [2.24, 2.45) is 0 Å².